The van der Waals surface area contributed by atoms with Gasteiger partial charge >= 0.3 is 0 Å². The monoisotopic (exact) mass is 245 g/mol. The molecule has 1 unspecified atom stereocenters. The van der Waals surface area contributed by atoms with Crippen LogP contribution in [0.3, 0.4) is 0 Å². The van der Waals surface area contributed by atoms with Gasteiger partial charge in [-0.05, 0) is 13.0 Å². The smallest absolute Gasteiger partial charge is 0.167 e. The number of nitrogens with one attached hydrogen (secondary N) is 1. The van der Waals surface area contributed by atoms with Crippen molar-refractivity contribution in [2.24, 2.45) is 0 Å². The zero-order valence-corrected chi connectivity index (χ0v) is 9.64. The topological polar surface area (TPSA) is 41.5 Å². The zero-order chi connectivity index (χ0) is 11.7. The Hall–Kier alpha value is -1.00. The number of phenolic OH excluding ortho intramolecular Hbond substituents is 1. The van der Waals surface area contributed by atoms with E-state index in [2.05, 4.69) is 5.32 Å². The van der Waals surface area contributed by atoms with Crippen molar-refractivity contribution in [3.05, 3.63) is 22.5 Å². The zero-order valence-electron chi connectivity index (χ0n) is 8.89. The van der Waals surface area contributed by atoms with Gasteiger partial charge in [-0.1, -0.05) is 11.6 Å². The molecule has 1 aliphatic heterocycles. The van der Waals surface area contributed by atoms with E-state index in [-0.39, 0.29) is 22.4 Å². The van der Waals surface area contributed by atoms with E-state index in [4.69, 9.17) is 16.3 Å². The number of hydrogen-bond acceptors (Lipinski definition) is 3. The number of methoxy groups -OCH3 is 1. The standard InChI is InChI=1S/C11H13ClFNO2/c1-16-11-8(15)4-7(12)10(13)9(11)6-2-3-14-5-6/h4,6,14-15H,2-3,5H2,1H3. The normalized spacial score (nSPS) is 20.1. The van der Waals surface area contributed by atoms with Gasteiger partial charge in [0.15, 0.2) is 11.5 Å². The van der Waals surface area contributed by atoms with E-state index in [1.807, 2.05) is 0 Å². The number of benzene rings is 1. The van der Waals surface area contributed by atoms with E-state index >= 15 is 0 Å². The van der Waals surface area contributed by atoms with Crippen molar-refractivity contribution in [1.29, 1.82) is 0 Å². The first-order valence-electron chi connectivity index (χ1n) is 5.10. The largest absolute Gasteiger partial charge is 0.504 e. The molecule has 1 heterocycles. The van der Waals surface area contributed by atoms with E-state index in [0.717, 1.165) is 13.0 Å². The van der Waals surface area contributed by atoms with Crippen LogP contribution in [0.2, 0.25) is 5.02 Å². The second-order valence-electron chi connectivity index (χ2n) is 3.83. The first-order chi connectivity index (χ1) is 7.65. The van der Waals surface area contributed by atoms with Crippen LogP contribution in [0.4, 0.5) is 4.39 Å². The lowest BCUT2D eigenvalue weighted by Crippen LogP contribution is -2.10. The Bertz CT molecular complexity index is 405. The number of rotatable bonds is 2. The minimum atomic E-state index is -0.495. The van der Waals surface area contributed by atoms with Gasteiger partial charge in [0, 0.05) is 24.1 Å². The molecule has 1 aliphatic rings. The summed E-state index contributed by atoms with van der Waals surface area (Å²) in [5.41, 5.74) is 0.373. The van der Waals surface area contributed by atoms with Crippen molar-refractivity contribution < 1.29 is 14.2 Å². The van der Waals surface area contributed by atoms with Crippen LogP contribution in [0.15, 0.2) is 6.07 Å². The summed E-state index contributed by atoms with van der Waals surface area (Å²) in [4.78, 5) is 0. The molecule has 2 rings (SSSR count). The maximum Gasteiger partial charge on any atom is 0.167 e. The fourth-order valence-corrected chi connectivity index (χ4v) is 2.30. The Morgan fingerprint density at radius 2 is 2.38 bits per heavy atom. The van der Waals surface area contributed by atoms with Gasteiger partial charge in [0.05, 0.1) is 12.1 Å². The molecule has 1 fully saturated rings. The van der Waals surface area contributed by atoms with Gasteiger partial charge in [-0.3, -0.25) is 0 Å². The van der Waals surface area contributed by atoms with Crippen LogP contribution in [0.25, 0.3) is 0 Å². The minimum Gasteiger partial charge on any atom is -0.504 e. The summed E-state index contributed by atoms with van der Waals surface area (Å²) in [5, 5.41) is 12.7. The molecule has 0 saturated carbocycles. The second kappa shape index (κ2) is 4.47. The maximum absolute atomic E-state index is 13.9. The molecule has 1 aromatic carbocycles. The minimum absolute atomic E-state index is 0.000417. The Morgan fingerprint density at radius 3 is 2.94 bits per heavy atom. The number of ether oxygens (including phenoxy) is 1. The average molecular weight is 246 g/mol. The van der Waals surface area contributed by atoms with Crippen molar-refractivity contribution >= 4 is 11.6 Å². The van der Waals surface area contributed by atoms with E-state index in [9.17, 15) is 9.50 Å². The van der Waals surface area contributed by atoms with Gasteiger partial charge < -0.3 is 15.2 Å². The molecule has 0 aromatic heterocycles. The average Bonchev–Trinajstić information content (AvgIpc) is 2.76. The van der Waals surface area contributed by atoms with Crippen molar-refractivity contribution in [3.8, 4) is 11.5 Å². The fraction of sp³-hybridized carbons (Fsp3) is 0.455. The summed E-state index contributed by atoms with van der Waals surface area (Å²) >= 11 is 5.72. The summed E-state index contributed by atoms with van der Waals surface area (Å²) in [7, 11) is 1.41. The van der Waals surface area contributed by atoms with Gasteiger partial charge in [0.1, 0.15) is 5.82 Å². The third-order valence-electron chi connectivity index (χ3n) is 2.86. The number of phenols is 1. The SMILES string of the molecule is COc1c(O)cc(Cl)c(F)c1C1CCNC1. The predicted molar refractivity (Wildman–Crippen MR) is 59.9 cm³/mol. The van der Waals surface area contributed by atoms with Crippen LogP contribution in [-0.4, -0.2) is 25.3 Å². The summed E-state index contributed by atoms with van der Waals surface area (Å²) < 4.78 is 19.0. The molecule has 1 saturated heterocycles. The molecule has 88 valence electrons. The first-order valence-corrected chi connectivity index (χ1v) is 5.48. The Morgan fingerprint density at radius 1 is 1.62 bits per heavy atom. The molecule has 0 amide bonds. The van der Waals surface area contributed by atoms with Crippen LogP contribution < -0.4 is 10.1 Å². The quantitative estimate of drug-likeness (QED) is 0.840. The Labute approximate surface area is 98.2 Å². The van der Waals surface area contributed by atoms with E-state index < -0.39 is 5.82 Å². The molecule has 0 radical (unpaired) electrons. The highest BCUT2D eigenvalue weighted by molar-refractivity contribution is 6.31. The van der Waals surface area contributed by atoms with Crippen LogP contribution >= 0.6 is 11.6 Å². The Balaban J connectivity index is 2.54. The number of halogens is 2. The van der Waals surface area contributed by atoms with Crippen LogP contribution in [-0.2, 0) is 0 Å². The van der Waals surface area contributed by atoms with Crippen LogP contribution in [0.5, 0.6) is 11.5 Å². The molecular formula is C11H13ClFNO2. The van der Waals surface area contributed by atoms with Crippen molar-refractivity contribution in [3.63, 3.8) is 0 Å². The second-order valence-corrected chi connectivity index (χ2v) is 4.24. The lowest BCUT2D eigenvalue weighted by atomic mass is 9.96. The third kappa shape index (κ3) is 1.83. The molecule has 1 atom stereocenters. The molecule has 1 aromatic rings. The van der Waals surface area contributed by atoms with Crippen molar-refractivity contribution in [2.45, 2.75) is 12.3 Å². The van der Waals surface area contributed by atoms with Gasteiger partial charge in [0.2, 0.25) is 0 Å². The number of aromatic hydroxyl groups is 1. The van der Waals surface area contributed by atoms with Crippen LogP contribution in [0.1, 0.15) is 17.9 Å². The molecule has 16 heavy (non-hydrogen) atoms. The fourth-order valence-electron chi connectivity index (χ4n) is 2.10. The lowest BCUT2D eigenvalue weighted by molar-refractivity contribution is 0.361. The van der Waals surface area contributed by atoms with Gasteiger partial charge in [-0.15, -0.1) is 0 Å². The van der Waals surface area contributed by atoms with Gasteiger partial charge in [-0.2, -0.15) is 0 Å². The summed E-state index contributed by atoms with van der Waals surface area (Å²) in [6.07, 6.45) is 0.813. The van der Waals surface area contributed by atoms with E-state index in [1.165, 1.54) is 13.2 Å². The number of hydrogen-bond donors (Lipinski definition) is 2. The predicted octanol–water partition coefficient (Wildman–Crippen LogP) is 2.27. The van der Waals surface area contributed by atoms with E-state index in [1.54, 1.807) is 0 Å². The highest BCUT2D eigenvalue weighted by Crippen LogP contribution is 2.42. The van der Waals surface area contributed by atoms with Gasteiger partial charge in [-0.25, -0.2) is 4.39 Å². The molecule has 3 nitrogen and oxygen atoms in total. The summed E-state index contributed by atoms with van der Waals surface area (Å²) in [5.74, 6) is -0.420. The molecule has 0 bridgehead atoms. The van der Waals surface area contributed by atoms with Gasteiger partial charge in [0.25, 0.3) is 0 Å². The molecule has 2 N–H and O–H groups in total. The van der Waals surface area contributed by atoms with Crippen molar-refractivity contribution in [1.82, 2.24) is 5.32 Å². The maximum atomic E-state index is 13.9. The van der Waals surface area contributed by atoms with Crippen LogP contribution in [0, 0.1) is 5.82 Å². The lowest BCUT2D eigenvalue weighted by Gasteiger charge is -2.16. The highest BCUT2D eigenvalue weighted by Gasteiger charge is 2.27. The molecule has 0 aliphatic carbocycles. The highest BCUT2D eigenvalue weighted by atomic mass is 35.5. The molecule has 0 spiro atoms. The summed E-state index contributed by atoms with van der Waals surface area (Å²) in [6.45, 7) is 1.51. The van der Waals surface area contributed by atoms with Crippen molar-refractivity contribution in [2.75, 3.05) is 20.2 Å². The third-order valence-corrected chi connectivity index (χ3v) is 3.13. The van der Waals surface area contributed by atoms with E-state index in [0.29, 0.717) is 12.1 Å². The first kappa shape index (κ1) is 11.5. The summed E-state index contributed by atoms with van der Waals surface area (Å²) in [6, 6.07) is 1.17. The Kier molecular flexibility index (Phi) is 3.21. The molecular weight excluding hydrogens is 233 g/mol. The molecule has 5 heteroatoms.